The molecular formula is C43H38O6S2. The first-order valence-corrected chi connectivity index (χ1v) is 19.5. The van der Waals surface area contributed by atoms with Gasteiger partial charge in [0.1, 0.15) is 21.3 Å². The molecule has 0 atom stereocenters. The van der Waals surface area contributed by atoms with E-state index in [1.54, 1.807) is 24.3 Å². The minimum atomic E-state index is -4.09. The Balaban J connectivity index is 1.42. The van der Waals surface area contributed by atoms with Gasteiger partial charge in [-0.3, -0.25) is 0 Å². The Bertz CT molecular complexity index is 2360. The molecule has 0 heterocycles. The van der Waals surface area contributed by atoms with Gasteiger partial charge in [-0.15, -0.1) is 0 Å². The van der Waals surface area contributed by atoms with Gasteiger partial charge in [-0.1, -0.05) is 97.1 Å². The third-order valence-corrected chi connectivity index (χ3v) is 12.1. The number of aryl methyl sites for hydroxylation is 6. The quantitative estimate of drug-likeness (QED) is 0.146. The first kappa shape index (κ1) is 34.3. The highest BCUT2D eigenvalue weighted by atomic mass is 32.2. The van der Waals surface area contributed by atoms with Crippen molar-refractivity contribution in [3.63, 3.8) is 0 Å². The van der Waals surface area contributed by atoms with Crippen molar-refractivity contribution in [2.24, 2.45) is 0 Å². The highest BCUT2D eigenvalue weighted by Crippen LogP contribution is 2.57. The van der Waals surface area contributed by atoms with Crippen molar-refractivity contribution in [2.75, 3.05) is 0 Å². The Morgan fingerprint density at radius 2 is 0.784 bits per heavy atom. The summed E-state index contributed by atoms with van der Waals surface area (Å²) in [6.45, 7) is 11.1. The molecule has 6 nitrogen and oxygen atoms in total. The molecule has 6 aromatic rings. The van der Waals surface area contributed by atoms with Gasteiger partial charge in [0.2, 0.25) is 0 Å². The molecule has 0 amide bonds. The summed E-state index contributed by atoms with van der Waals surface area (Å²) in [6.07, 6.45) is 0. The summed E-state index contributed by atoms with van der Waals surface area (Å²) in [4.78, 5) is 0.191. The van der Waals surface area contributed by atoms with Crippen LogP contribution in [0.25, 0.3) is 11.1 Å². The van der Waals surface area contributed by atoms with E-state index in [4.69, 9.17) is 8.37 Å². The summed E-state index contributed by atoms with van der Waals surface area (Å²) in [5, 5.41) is 0. The normalized spacial score (nSPS) is 13.4. The summed E-state index contributed by atoms with van der Waals surface area (Å²) in [6, 6.07) is 38.0. The molecule has 0 fully saturated rings. The van der Waals surface area contributed by atoms with E-state index >= 15 is 0 Å². The van der Waals surface area contributed by atoms with Crippen molar-refractivity contribution in [2.45, 2.75) is 56.7 Å². The van der Waals surface area contributed by atoms with Crippen molar-refractivity contribution in [3.05, 3.63) is 177 Å². The van der Waals surface area contributed by atoms with Gasteiger partial charge in [0.15, 0.2) is 0 Å². The van der Waals surface area contributed by atoms with Crippen molar-refractivity contribution < 1.29 is 25.2 Å². The number of hydrogen-bond donors (Lipinski definition) is 0. The molecule has 0 saturated carbocycles. The zero-order valence-electron chi connectivity index (χ0n) is 29.3. The monoisotopic (exact) mass is 714 g/mol. The van der Waals surface area contributed by atoms with Crippen molar-refractivity contribution in [1.82, 2.24) is 0 Å². The Hall–Kier alpha value is -5.18. The fourth-order valence-electron chi connectivity index (χ4n) is 7.48. The highest BCUT2D eigenvalue weighted by Gasteiger charge is 2.47. The van der Waals surface area contributed by atoms with Gasteiger partial charge >= 0.3 is 20.2 Å². The van der Waals surface area contributed by atoms with Crippen LogP contribution in [0, 0.1) is 41.5 Å². The second-order valence-corrected chi connectivity index (χ2v) is 16.5. The predicted molar refractivity (Wildman–Crippen MR) is 201 cm³/mol. The van der Waals surface area contributed by atoms with Gasteiger partial charge in [-0.05, 0) is 133 Å². The summed E-state index contributed by atoms with van der Waals surface area (Å²) < 4.78 is 65.5. The molecule has 0 bridgehead atoms. The second-order valence-electron chi connectivity index (χ2n) is 13.4. The molecule has 8 heteroatoms. The third kappa shape index (κ3) is 5.82. The smallest absolute Gasteiger partial charge is 0.339 e. The fraction of sp³-hybridized carbons (Fsp3) is 0.163. The Morgan fingerprint density at radius 1 is 0.431 bits per heavy atom. The van der Waals surface area contributed by atoms with Crippen LogP contribution in [0.15, 0.2) is 131 Å². The van der Waals surface area contributed by atoms with Crippen LogP contribution in [-0.2, 0) is 25.7 Å². The van der Waals surface area contributed by atoms with E-state index in [1.165, 1.54) is 12.1 Å². The van der Waals surface area contributed by atoms with Crippen LogP contribution in [0.3, 0.4) is 0 Å². The van der Waals surface area contributed by atoms with Crippen LogP contribution in [0.2, 0.25) is 0 Å². The van der Waals surface area contributed by atoms with Crippen LogP contribution in [0.1, 0.15) is 55.6 Å². The minimum absolute atomic E-state index is 0.0955. The summed E-state index contributed by atoms with van der Waals surface area (Å²) in [5.41, 5.74) is 9.62. The topological polar surface area (TPSA) is 86.7 Å². The largest absolute Gasteiger partial charge is 0.378 e. The maximum Gasteiger partial charge on any atom is 0.339 e. The lowest BCUT2D eigenvalue weighted by atomic mass is 9.66. The number of fused-ring (bicyclic) bond motifs is 3. The van der Waals surface area contributed by atoms with E-state index < -0.39 is 25.7 Å². The van der Waals surface area contributed by atoms with Crippen molar-refractivity contribution in [3.8, 4) is 22.6 Å². The summed E-state index contributed by atoms with van der Waals surface area (Å²) >= 11 is 0. The molecule has 1 aliphatic rings. The molecule has 0 saturated heterocycles. The first-order valence-electron chi connectivity index (χ1n) is 16.7. The second kappa shape index (κ2) is 12.5. The average molecular weight is 715 g/mol. The average Bonchev–Trinajstić information content (AvgIpc) is 3.39. The molecule has 0 aromatic heterocycles. The SMILES string of the molecule is Cc1cccc(S(=O)(=O)Oc2c(C)cc(C3(c4cc(C)c(OS(=O)(=O)c5cccc(C)c5)c(C)c4)c4ccccc4-c4ccccc43)cc2C)c1. The van der Waals surface area contributed by atoms with Gasteiger partial charge < -0.3 is 8.37 Å². The molecular weight excluding hydrogens is 677 g/mol. The Morgan fingerprint density at radius 3 is 1.14 bits per heavy atom. The molecule has 0 spiro atoms. The van der Waals surface area contributed by atoms with E-state index in [9.17, 15) is 16.8 Å². The van der Waals surface area contributed by atoms with Crippen LogP contribution in [-0.4, -0.2) is 16.8 Å². The zero-order valence-corrected chi connectivity index (χ0v) is 30.9. The van der Waals surface area contributed by atoms with Crippen LogP contribution >= 0.6 is 0 Å². The highest BCUT2D eigenvalue weighted by molar-refractivity contribution is 7.87. The third-order valence-electron chi connectivity index (χ3n) is 9.68. The Kier molecular flexibility index (Phi) is 8.43. The Labute approximate surface area is 300 Å². The molecule has 0 N–H and O–H groups in total. The molecule has 1 aliphatic carbocycles. The molecule has 6 aromatic carbocycles. The first-order chi connectivity index (χ1) is 24.2. The summed E-state index contributed by atoms with van der Waals surface area (Å²) in [7, 11) is -8.19. The molecule has 7 rings (SSSR count). The molecule has 51 heavy (non-hydrogen) atoms. The van der Waals surface area contributed by atoms with E-state index in [0.29, 0.717) is 22.3 Å². The van der Waals surface area contributed by atoms with Crippen LogP contribution in [0.5, 0.6) is 11.5 Å². The molecule has 0 radical (unpaired) electrons. The minimum Gasteiger partial charge on any atom is -0.378 e. The van der Waals surface area contributed by atoms with Crippen molar-refractivity contribution in [1.29, 1.82) is 0 Å². The van der Waals surface area contributed by atoms with Gasteiger partial charge in [-0.2, -0.15) is 16.8 Å². The van der Waals surface area contributed by atoms with Crippen LogP contribution < -0.4 is 8.37 Å². The number of hydrogen-bond acceptors (Lipinski definition) is 6. The molecule has 0 aliphatic heterocycles. The van der Waals surface area contributed by atoms with Gasteiger partial charge in [0.05, 0.1) is 5.41 Å². The molecule has 0 unspecified atom stereocenters. The summed E-state index contributed by atoms with van der Waals surface area (Å²) in [5.74, 6) is 0.569. The van der Waals surface area contributed by atoms with E-state index in [0.717, 1.165) is 44.5 Å². The van der Waals surface area contributed by atoms with E-state index in [2.05, 4.69) is 24.3 Å². The number of rotatable bonds is 8. The number of benzene rings is 6. The van der Waals surface area contributed by atoms with Gasteiger partial charge in [-0.25, -0.2) is 0 Å². The maximum atomic E-state index is 13.4. The predicted octanol–water partition coefficient (Wildman–Crippen LogP) is 9.44. The van der Waals surface area contributed by atoms with Gasteiger partial charge in [0, 0.05) is 0 Å². The van der Waals surface area contributed by atoms with Crippen molar-refractivity contribution >= 4 is 20.2 Å². The van der Waals surface area contributed by atoms with Crippen LogP contribution in [0.4, 0.5) is 0 Å². The lowest BCUT2D eigenvalue weighted by molar-refractivity contribution is 0.480. The maximum absolute atomic E-state index is 13.4. The fourth-order valence-corrected chi connectivity index (χ4v) is 9.79. The van der Waals surface area contributed by atoms with E-state index in [-0.39, 0.29) is 21.3 Å². The standard InChI is InChI=1S/C43H38O6S2/c1-27-13-11-15-35(21-27)50(44,45)48-41-29(3)23-33(24-30(41)4)43(39-19-9-7-17-37(39)38-18-8-10-20-40(38)43)34-25-31(5)42(32(6)26-34)49-51(46,47)36-16-12-14-28(2)22-36/h7-26H,1-6H3. The molecule has 258 valence electrons. The van der Waals surface area contributed by atoms with Gasteiger partial charge in [0.25, 0.3) is 0 Å². The lowest BCUT2D eigenvalue weighted by Gasteiger charge is -2.35. The lowest BCUT2D eigenvalue weighted by Crippen LogP contribution is -2.29. The zero-order chi connectivity index (χ0) is 36.3. The van der Waals surface area contributed by atoms with E-state index in [1.807, 2.05) is 102 Å².